The zero-order valence-electron chi connectivity index (χ0n) is 8.42. The molecule has 0 aromatic heterocycles. The van der Waals surface area contributed by atoms with Crippen LogP contribution in [-0.2, 0) is 14.3 Å². The zero-order valence-corrected chi connectivity index (χ0v) is 8.42. The van der Waals surface area contributed by atoms with Gasteiger partial charge in [-0.25, -0.2) is 4.79 Å². The van der Waals surface area contributed by atoms with Gasteiger partial charge >= 0.3 is 5.97 Å². The van der Waals surface area contributed by atoms with Crippen LogP contribution < -0.4 is 0 Å². The van der Waals surface area contributed by atoms with Crippen molar-refractivity contribution in [1.82, 2.24) is 0 Å². The third-order valence-corrected chi connectivity index (χ3v) is 2.27. The van der Waals surface area contributed by atoms with Gasteiger partial charge in [-0.2, -0.15) is 0 Å². The molecular weight excluding hydrogens is 168 g/mol. The molecule has 0 amide bonds. The second-order valence-corrected chi connectivity index (χ2v) is 3.32. The fourth-order valence-corrected chi connectivity index (χ4v) is 1.25. The maximum Gasteiger partial charge on any atom is 0.335 e. The van der Waals surface area contributed by atoms with Gasteiger partial charge in [-0.1, -0.05) is 5.57 Å². The average molecular weight is 184 g/mol. The fourth-order valence-electron chi connectivity index (χ4n) is 1.25. The van der Waals surface area contributed by atoms with Crippen LogP contribution in [0, 0.1) is 0 Å². The Morgan fingerprint density at radius 3 is 2.77 bits per heavy atom. The fraction of sp³-hybridized carbons (Fsp3) is 0.700. The van der Waals surface area contributed by atoms with E-state index in [0.717, 1.165) is 0 Å². The maximum absolute atomic E-state index is 11.3. The van der Waals surface area contributed by atoms with Crippen LogP contribution in [0.2, 0.25) is 0 Å². The summed E-state index contributed by atoms with van der Waals surface area (Å²) in [5, 5.41) is 0. The topological polar surface area (TPSA) is 35.5 Å². The number of hydrogen-bond acceptors (Lipinski definition) is 3. The number of esters is 1. The third kappa shape index (κ3) is 2.56. The lowest BCUT2D eigenvalue weighted by atomic mass is 10.0. The summed E-state index contributed by atoms with van der Waals surface area (Å²) in [6.45, 7) is 6.82. The molecule has 0 unspecified atom stereocenters. The van der Waals surface area contributed by atoms with Gasteiger partial charge in [0.2, 0.25) is 0 Å². The van der Waals surface area contributed by atoms with Crippen molar-refractivity contribution in [3.05, 3.63) is 11.1 Å². The van der Waals surface area contributed by atoms with Crippen LogP contribution in [-0.4, -0.2) is 25.3 Å². The summed E-state index contributed by atoms with van der Waals surface area (Å²) >= 11 is 0. The number of carbonyl (C=O) groups is 1. The highest BCUT2D eigenvalue weighted by atomic mass is 16.6. The summed E-state index contributed by atoms with van der Waals surface area (Å²) in [5.41, 5.74) is 2.46. The predicted octanol–water partition coefficient (Wildman–Crippen LogP) is 1.67. The molecule has 0 bridgehead atoms. The van der Waals surface area contributed by atoms with E-state index in [-0.39, 0.29) is 12.1 Å². The molecule has 0 aliphatic carbocycles. The lowest BCUT2D eigenvalue weighted by molar-refractivity contribution is -0.156. The summed E-state index contributed by atoms with van der Waals surface area (Å²) < 4.78 is 10.2. The van der Waals surface area contributed by atoms with Crippen LogP contribution in [0.4, 0.5) is 0 Å². The van der Waals surface area contributed by atoms with Crippen molar-refractivity contribution in [3.63, 3.8) is 0 Å². The summed E-state index contributed by atoms with van der Waals surface area (Å²) in [5.74, 6) is -0.241. The van der Waals surface area contributed by atoms with Crippen molar-refractivity contribution in [2.45, 2.75) is 33.3 Å². The lowest BCUT2D eigenvalue weighted by Gasteiger charge is -2.23. The molecule has 3 nitrogen and oxygen atoms in total. The van der Waals surface area contributed by atoms with E-state index in [2.05, 4.69) is 0 Å². The van der Waals surface area contributed by atoms with Gasteiger partial charge in [-0.05, 0) is 26.3 Å². The zero-order chi connectivity index (χ0) is 9.84. The Morgan fingerprint density at radius 2 is 2.23 bits per heavy atom. The molecule has 1 aliphatic rings. The van der Waals surface area contributed by atoms with Crippen molar-refractivity contribution in [3.8, 4) is 0 Å². The van der Waals surface area contributed by atoms with E-state index in [0.29, 0.717) is 19.6 Å². The van der Waals surface area contributed by atoms with Gasteiger partial charge in [-0.3, -0.25) is 0 Å². The van der Waals surface area contributed by atoms with Gasteiger partial charge in [0.15, 0.2) is 6.10 Å². The van der Waals surface area contributed by atoms with Gasteiger partial charge in [-0.15, -0.1) is 0 Å². The maximum atomic E-state index is 11.3. The highest BCUT2D eigenvalue weighted by Gasteiger charge is 2.24. The van der Waals surface area contributed by atoms with Crippen molar-refractivity contribution >= 4 is 5.97 Å². The Morgan fingerprint density at radius 1 is 1.54 bits per heavy atom. The molecule has 0 N–H and O–H groups in total. The summed E-state index contributed by atoms with van der Waals surface area (Å²) in [4.78, 5) is 11.3. The molecule has 1 rings (SSSR count). The van der Waals surface area contributed by atoms with Crippen LogP contribution >= 0.6 is 0 Å². The van der Waals surface area contributed by atoms with E-state index in [9.17, 15) is 4.79 Å². The number of ether oxygens (including phenoxy) is 2. The second kappa shape index (κ2) is 4.42. The minimum absolute atomic E-state index is 0.241. The molecule has 0 spiro atoms. The smallest absolute Gasteiger partial charge is 0.335 e. The van der Waals surface area contributed by atoms with Crippen LogP contribution in [0.25, 0.3) is 0 Å². The Bertz CT molecular complexity index is 230. The molecule has 0 fully saturated rings. The van der Waals surface area contributed by atoms with E-state index in [4.69, 9.17) is 9.47 Å². The molecule has 0 aromatic carbocycles. The normalized spacial score (nSPS) is 23.2. The number of rotatable bonds is 2. The number of carbonyl (C=O) groups excluding carboxylic acids is 1. The Balaban J connectivity index is 2.53. The van der Waals surface area contributed by atoms with E-state index in [1.807, 2.05) is 13.8 Å². The van der Waals surface area contributed by atoms with Gasteiger partial charge in [0.05, 0.1) is 13.2 Å². The van der Waals surface area contributed by atoms with Crippen molar-refractivity contribution < 1.29 is 14.3 Å². The quantitative estimate of drug-likeness (QED) is 0.484. The minimum atomic E-state index is -0.386. The van der Waals surface area contributed by atoms with Gasteiger partial charge < -0.3 is 9.47 Å². The second-order valence-electron chi connectivity index (χ2n) is 3.32. The van der Waals surface area contributed by atoms with E-state index < -0.39 is 0 Å². The Labute approximate surface area is 78.7 Å². The average Bonchev–Trinajstić information content (AvgIpc) is 2.10. The first-order valence-corrected chi connectivity index (χ1v) is 4.58. The molecule has 74 valence electrons. The van der Waals surface area contributed by atoms with Crippen LogP contribution in [0.1, 0.15) is 27.2 Å². The molecule has 0 saturated heterocycles. The Hall–Kier alpha value is -0.830. The number of hydrogen-bond donors (Lipinski definition) is 0. The summed E-state index contributed by atoms with van der Waals surface area (Å²) in [7, 11) is 0. The van der Waals surface area contributed by atoms with Crippen LogP contribution in [0.5, 0.6) is 0 Å². The summed E-state index contributed by atoms with van der Waals surface area (Å²) in [6.07, 6.45) is 0.286. The minimum Gasteiger partial charge on any atom is -0.464 e. The van der Waals surface area contributed by atoms with Crippen molar-refractivity contribution in [1.29, 1.82) is 0 Å². The van der Waals surface area contributed by atoms with Crippen molar-refractivity contribution in [2.75, 3.05) is 13.2 Å². The lowest BCUT2D eigenvalue weighted by Crippen LogP contribution is -2.30. The standard InChI is InChI=1S/C10H16O3/c1-4-12-10(11)9-5-7(2)8(3)6-13-9/h9H,4-6H2,1-3H3/t9-/m1/s1. The molecular formula is C10H16O3. The third-order valence-electron chi connectivity index (χ3n) is 2.27. The molecule has 0 radical (unpaired) electrons. The molecule has 1 atom stereocenters. The van der Waals surface area contributed by atoms with Crippen LogP contribution in [0.15, 0.2) is 11.1 Å². The molecule has 0 aromatic rings. The largest absolute Gasteiger partial charge is 0.464 e. The Kier molecular flexibility index (Phi) is 3.48. The SMILES string of the molecule is CCOC(=O)[C@H]1CC(C)=C(C)CO1. The summed E-state index contributed by atoms with van der Waals surface area (Å²) in [6, 6.07) is 0. The first kappa shape index (κ1) is 10.3. The van der Waals surface area contributed by atoms with Gasteiger partial charge in [0, 0.05) is 6.42 Å². The van der Waals surface area contributed by atoms with E-state index >= 15 is 0 Å². The van der Waals surface area contributed by atoms with Crippen molar-refractivity contribution in [2.24, 2.45) is 0 Å². The highest BCUT2D eigenvalue weighted by molar-refractivity contribution is 5.75. The van der Waals surface area contributed by atoms with E-state index in [1.54, 1.807) is 6.92 Å². The monoisotopic (exact) mass is 184 g/mol. The van der Waals surface area contributed by atoms with Gasteiger partial charge in [0.25, 0.3) is 0 Å². The molecule has 3 heteroatoms. The first-order chi connectivity index (χ1) is 6.15. The van der Waals surface area contributed by atoms with Crippen LogP contribution in [0.3, 0.4) is 0 Å². The molecule has 0 saturated carbocycles. The van der Waals surface area contributed by atoms with E-state index in [1.165, 1.54) is 11.1 Å². The first-order valence-electron chi connectivity index (χ1n) is 4.58. The molecule has 1 heterocycles. The molecule has 1 aliphatic heterocycles. The predicted molar refractivity (Wildman–Crippen MR) is 49.4 cm³/mol. The molecule has 13 heavy (non-hydrogen) atoms. The van der Waals surface area contributed by atoms with Gasteiger partial charge in [0.1, 0.15) is 0 Å². The highest BCUT2D eigenvalue weighted by Crippen LogP contribution is 2.20.